The van der Waals surface area contributed by atoms with Gasteiger partial charge in [0.15, 0.2) is 0 Å². The first kappa shape index (κ1) is 16.4. The number of hydrogen-bond donors (Lipinski definition) is 3. The third-order valence-corrected chi connectivity index (χ3v) is 4.45. The summed E-state index contributed by atoms with van der Waals surface area (Å²) in [6, 6.07) is 12.4. The molecule has 132 valence electrons. The second-order valence-electron chi connectivity index (χ2n) is 6.70. The zero-order valence-corrected chi connectivity index (χ0v) is 15.0. The van der Waals surface area contributed by atoms with Crippen molar-refractivity contribution >= 4 is 33.4 Å². The van der Waals surface area contributed by atoms with Crippen molar-refractivity contribution in [1.82, 2.24) is 19.9 Å². The van der Waals surface area contributed by atoms with E-state index in [1.54, 1.807) is 6.20 Å². The Bertz CT molecular complexity index is 1070. The highest BCUT2D eigenvalue weighted by atomic mass is 15.1. The Morgan fingerprint density at radius 2 is 2.00 bits per heavy atom. The number of fused-ring (bicyclic) bond motifs is 2. The van der Waals surface area contributed by atoms with E-state index in [1.807, 2.05) is 12.3 Å². The summed E-state index contributed by atoms with van der Waals surface area (Å²) in [5.41, 5.74) is 9.00. The Morgan fingerprint density at radius 1 is 1.12 bits per heavy atom. The zero-order valence-electron chi connectivity index (χ0n) is 15.0. The SMILES string of the molecule is CN(C)CCNc1cc(-c2ccc3cnc(N)cc3c2)c2cc[nH]c2n1. The van der Waals surface area contributed by atoms with Crippen LogP contribution >= 0.6 is 0 Å². The van der Waals surface area contributed by atoms with Gasteiger partial charge >= 0.3 is 0 Å². The molecule has 0 unspecified atom stereocenters. The van der Waals surface area contributed by atoms with Gasteiger partial charge in [-0.1, -0.05) is 12.1 Å². The summed E-state index contributed by atoms with van der Waals surface area (Å²) in [5, 5.41) is 6.67. The van der Waals surface area contributed by atoms with E-state index in [4.69, 9.17) is 5.73 Å². The highest BCUT2D eigenvalue weighted by Crippen LogP contribution is 2.32. The van der Waals surface area contributed by atoms with E-state index in [1.165, 1.54) is 0 Å². The molecule has 0 amide bonds. The van der Waals surface area contributed by atoms with Gasteiger partial charge in [0, 0.05) is 36.3 Å². The summed E-state index contributed by atoms with van der Waals surface area (Å²) < 4.78 is 0. The number of benzene rings is 1. The molecule has 1 aromatic carbocycles. The predicted molar refractivity (Wildman–Crippen MR) is 108 cm³/mol. The number of H-pyrrole nitrogens is 1. The van der Waals surface area contributed by atoms with Crippen molar-refractivity contribution in [1.29, 1.82) is 0 Å². The number of pyridine rings is 2. The first-order chi connectivity index (χ1) is 12.6. The summed E-state index contributed by atoms with van der Waals surface area (Å²) in [6.07, 6.45) is 3.73. The van der Waals surface area contributed by atoms with Gasteiger partial charge in [-0.2, -0.15) is 0 Å². The van der Waals surface area contributed by atoms with Crippen molar-refractivity contribution in [2.45, 2.75) is 0 Å². The molecule has 26 heavy (non-hydrogen) atoms. The molecule has 0 spiro atoms. The van der Waals surface area contributed by atoms with Crippen molar-refractivity contribution < 1.29 is 0 Å². The standard InChI is InChI=1S/C20H22N6/c1-26(2)8-7-22-19-11-17(16-5-6-23-20(16)25-19)13-3-4-14-12-24-18(21)10-15(14)9-13/h3-6,9-12H,7-8H2,1-2H3,(H2,21,24)(H2,22,23,25). The molecule has 3 heterocycles. The molecule has 0 atom stereocenters. The molecule has 0 aliphatic carbocycles. The Labute approximate surface area is 152 Å². The van der Waals surface area contributed by atoms with Gasteiger partial charge in [0.1, 0.15) is 17.3 Å². The first-order valence-corrected chi connectivity index (χ1v) is 8.62. The minimum Gasteiger partial charge on any atom is -0.384 e. The van der Waals surface area contributed by atoms with Crippen molar-refractivity contribution in [3.63, 3.8) is 0 Å². The molecular formula is C20H22N6. The van der Waals surface area contributed by atoms with E-state index in [0.29, 0.717) is 5.82 Å². The van der Waals surface area contributed by atoms with Gasteiger partial charge in [-0.25, -0.2) is 9.97 Å². The maximum Gasteiger partial charge on any atom is 0.140 e. The van der Waals surface area contributed by atoms with Crippen LogP contribution in [-0.2, 0) is 0 Å². The smallest absolute Gasteiger partial charge is 0.140 e. The molecule has 3 aromatic heterocycles. The summed E-state index contributed by atoms with van der Waals surface area (Å²) in [5.74, 6) is 1.40. The Balaban J connectivity index is 1.78. The molecule has 6 heteroatoms. The quantitative estimate of drug-likeness (QED) is 0.516. The fourth-order valence-corrected chi connectivity index (χ4v) is 3.10. The number of hydrogen-bond acceptors (Lipinski definition) is 5. The van der Waals surface area contributed by atoms with E-state index >= 15 is 0 Å². The van der Waals surface area contributed by atoms with Crippen LogP contribution in [0.2, 0.25) is 0 Å². The topological polar surface area (TPSA) is 82.9 Å². The Morgan fingerprint density at radius 3 is 2.85 bits per heavy atom. The monoisotopic (exact) mass is 346 g/mol. The molecule has 4 rings (SSSR count). The van der Waals surface area contributed by atoms with Crippen molar-refractivity contribution in [3.05, 3.63) is 48.8 Å². The molecule has 0 bridgehead atoms. The number of nitrogens with zero attached hydrogens (tertiary/aromatic N) is 3. The lowest BCUT2D eigenvalue weighted by molar-refractivity contribution is 0.425. The number of aromatic nitrogens is 3. The Hall–Kier alpha value is -3.12. The van der Waals surface area contributed by atoms with Crippen LogP contribution in [0.25, 0.3) is 32.9 Å². The van der Waals surface area contributed by atoms with Crippen LogP contribution in [0.4, 0.5) is 11.6 Å². The summed E-state index contributed by atoms with van der Waals surface area (Å²) in [7, 11) is 4.12. The number of nitrogens with two attached hydrogens (primary N) is 1. The molecule has 0 aliphatic heterocycles. The zero-order chi connectivity index (χ0) is 18.1. The number of nitrogen functional groups attached to an aromatic ring is 1. The minimum absolute atomic E-state index is 0.530. The molecule has 0 aliphatic rings. The second-order valence-corrected chi connectivity index (χ2v) is 6.70. The van der Waals surface area contributed by atoms with Gasteiger partial charge in [-0.15, -0.1) is 0 Å². The normalized spacial score (nSPS) is 11.5. The van der Waals surface area contributed by atoms with Crippen LogP contribution in [-0.4, -0.2) is 47.0 Å². The summed E-state index contributed by atoms with van der Waals surface area (Å²) >= 11 is 0. The van der Waals surface area contributed by atoms with E-state index in [0.717, 1.165) is 51.8 Å². The van der Waals surface area contributed by atoms with E-state index < -0.39 is 0 Å². The fourth-order valence-electron chi connectivity index (χ4n) is 3.10. The number of anilines is 2. The van der Waals surface area contributed by atoms with Crippen LogP contribution in [0.1, 0.15) is 0 Å². The highest BCUT2D eigenvalue weighted by molar-refractivity contribution is 5.97. The summed E-state index contributed by atoms with van der Waals surface area (Å²) in [6.45, 7) is 1.79. The lowest BCUT2D eigenvalue weighted by atomic mass is 10.0. The van der Waals surface area contributed by atoms with Crippen LogP contribution in [0.5, 0.6) is 0 Å². The molecule has 4 aromatic rings. The van der Waals surface area contributed by atoms with Crippen molar-refractivity contribution in [2.75, 3.05) is 38.2 Å². The molecular weight excluding hydrogens is 324 g/mol. The lowest BCUT2D eigenvalue weighted by Gasteiger charge is -2.13. The Kier molecular flexibility index (Phi) is 4.18. The number of likely N-dealkylation sites (N-methyl/N-ethyl adjacent to an activating group) is 1. The third-order valence-electron chi connectivity index (χ3n) is 4.45. The average molecular weight is 346 g/mol. The van der Waals surface area contributed by atoms with Gasteiger partial charge < -0.3 is 20.9 Å². The van der Waals surface area contributed by atoms with Crippen LogP contribution < -0.4 is 11.1 Å². The number of nitrogens with one attached hydrogen (secondary N) is 2. The second kappa shape index (κ2) is 6.65. The highest BCUT2D eigenvalue weighted by Gasteiger charge is 2.10. The molecule has 0 saturated carbocycles. The van der Waals surface area contributed by atoms with Gasteiger partial charge in [-0.05, 0) is 54.9 Å². The molecule has 0 radical (unpaired) electrons. The van der Waals surface area contributed by atoms with E-state index in [-0.39, 0.29) is 0 Å². The minimum atomic E-state index is 0.530. The molecule has 0 fully saturated rings. The fraction of sp³-hybridized carbons (Fsp3) is 0.200. The first-order valence-electron chi connectivity index (χ1n) is 8.62. The van der Waals surface area contributed by atoms with Crippen molar-refractivity contribution in [2.24, 2.45) is 0 Å². The van der Waals surface area contributed by atoms with E-state index in [9.17, 15) is 0 Å². The van der Waals surface area contributed by atoms with Gasteiger partial charge in [0.05, 0.1) is 0 Å². The molecule has 6 nitrogen and oxygen atoms in total. The molecule has 4 N–H and O–H groups in total. The third kappa shape index (κ3) is 3.19. The molecule has 0 saturated heterocycles. The van der Waals surface area contributed by atoms with E-state index in [2.05, 4.69) is 69.6 Å². The maximum atomic E-state index is 5.85. The van der Waals surface area contributed by atoms with Gasteiger partial charge in [0.25, 0.3) is 0 Å². The number of aromatic amines is 1. The van der Waals surface area contributed by atoms with Gasteiger partial charge in [-0.3, -0.25) is 0 Å². The maximum absolute atomic E-state index is 5.85. The number of rotatable bonds is 5. The lowest BCUT2D eigenvalue weighted by Crippen LogP contribution is -2.21. The predicted octanol–water partition coefficient (Wildman–Crippen LogP) is 3.33. The van der Waals surface area contributed by atoms with Gasteiger partial charge in [0.2, 0.25) is 0 Å². The average Bonchev–Trinajstić information content (AvgIpc) is 3.08. The van der Waals surface area contributed by atoms with Crippen LogP contribution in [0.15, 0.2) is 48.8 Å². The largest absolute Gasteiger partial charge is 0.384 e. The van der Waals surface area contributed by atoms with Crippen LogP contribution in [0.3, 0.4) is 0 Å². The van der Waals surface area contributed by atoms with Crippen molar-refractivity contribution in [3.8, 4) is 11.1 Å². The summed E-state index contributed by atoms with van der Waals surface area (Å²) in [4.78, 5) is 14.2. The van der Waals surface area contributed by atoms with Crippen LogP contribution in [0, 0.1) is 0 Å².